The third kappa shape index (κ3) is 1.95. The van der Waals surface area contributed by atoms with Crippen LogP contribution in [0.5, 0.6) is 0 Å². The molecule has 1 atom stereocenters. The summed E-state index contributed by atoms with van der Waals surface area (Å²) >= 11 is 0. The highest BCUT2D eigenvalue weighted by atomic mass is 16.2. The van der Waals surface area contributed by atoms with E-state index in [0.29, 0.717) is 0 Å². The van der Waals surface area contributed by atoms with E-state index in [1.54, 1.807) is 12.4 Å². The Morgan fingerprint density at radius 1 is 1.75 bits per heavy atom. The zero-order valence-corrected chi connectivity index (χ0v) is 9.49. The molecule has 1 aliphatic rings. The lowest BCUT2D eigenvalue weighted by Gasteiger charge is -2.37. The average Bonchev–Trinajstić information content (AvgIpc) is 2.75. The number of hydrogen-bond donors (Lipinski definition) is 3. The summed E-state index contributed by atoms with van der Waals surface area (Å²) in [6.07, 6.45) is 6.86. The molecule has 5 heteroatoms. The van der Waals surface area contributed by atoms with Crippen LogP contribution < -0.4 is 11.1 Å². The van der Waals surface area contributed by atoms with Crippen LogP contribution >= 0.6 is 0 Å². The lowest BCUT2D eigenvalue weighted by molar-refractivity contribution is -0.130. The number of H-pyrrole nitrogens is 1. The first kappa shape index (κ1) is 11.1. The van der Waals surface area contributed by atoms with Crippen molar-refractivity contribution in [2.45, 2.75) is 44.2 Å². The fourth-order valence-electron chi connectivity index (χ4n) is 1.92. The van der Waals surface area contributed by atoms with Crippen molar-refractivity contribution >= 4 is 5.91 Å². The maximum Gasteiger partial charge on any atom is 0.240 e. The van der Waals surface area contributed by atoms with Crippen LogP contribution in [0.1, 0.15) is 44.5 Å². The predicted octanol–water partition coefficient (Wildman–Crippen LogP) is 0.858. The maximum absolute atomic E-state index is 11.9. The summed E-state index contributed by atoms with van der Waals surface area (Å²) in [6, 6.07) is -0.0662. The summed E-state index contributed by atoms with van der Waals surface area (Å²) in [6.45, 7) is 2.01. The minimum atomic E-state index is -0.639. The van der Waals surface area contributed by atoms with E-state index in [9.17, 15) is 4.79 Å². The first-order valence-electron chi connectivity index (χ1n) is 5.75. The van der Waals surface area contributed by atoms with Crippen LogP contribution in [0.25, 0.3) is 0 Å². The molecule has 0 aromatic carbocycles. The Labute approximate surface area is 94.8 Å². The fraction of sp³-hybridized carbons (Fsp3) is 0.636. The molecule has 1 aromatic rings. The van der Waals surface area contributed by atoms with Gasteiger partial charge in [0.2, 0.25) is 5.91 Å². The molecule has 16 heavy (non-hydrogen) atoms. The van der Waals surface area contributed by atoms with E-state index in [0.717, 1.165) is 31.5 Å². The molecule has 0 spiro atoms. The number of carbonyl (C=O) groups excluding carboxylic acids is 1. The normalized spacial score (nSPS) is 19.9. The predicted molar refractivity (Wildman–Crippen MR) is 60.5 cm³/mol. The van der Waals surface area contributed by atoms with E-state index in [1.165, 1.54) is 0 Å². The largest absolute Gasteiger partial charge is 0.347 e. The Balaban J connectivity index is 1.99. The molecule has 5 nitrogen and oxygen atoms in total. The van der Waals surface area contributed by atoms with Crippen LogP contribution in [0.15, 0.2) is 12.4 Å². The van der Waals surface area contributed by atoms with Crippen molar-refractivity contribution < 1.29 is 4.79 Å². The van der Waals surface area contributed by atoms with Gasteiger partial charge in [-0.15, -0.1) is 0 Å². The van der Waals surface area contributed by atoms with Gasteiger partial charge in [0.15, 0.2) is 0 Å². The molecule has 1 aromatic heterocycles. The van der Waals surface area contributed by atoms with E-state index in [2.05, 4.69) is 15.3 Å². The van der Waals surface area contributed by atoms with Gasteiger partial charge in [0, 0.05) is 12.4 Å². The standard InChI is InChI=1S/C11H18N4O/c1-2-8(9-13-6-7-14-9)15-10(16)11(12)4-3-5-11/h6-8H,2-5,12H2,1H3,(H,13,14)(H,15,16). The molecule has 1 fully saturated rings. The summed E-state index contributed by atoms with van der Waals surface area (Å²) in [5.74, 6) is 0.737. The van der Waals surface area contributed by atoms with Gasteiger partial charge in [0.1, 0.15) is 5.82 Å². The second-order valence-corrected chi connectivity index (χ2v) is 4.42. The highest BCUT2D eigenvalue weighted by Gasteiger charge is 2.40. The number of nitrogens with one attached hydrogen (secondary N) is 2. The number of hydrogen-bond acceptors (Lipinski definition) is 3. The van der Waals surface area contributed by atoms with Crippen molar-refractivity contribution in [3.05, 3.63) is 18.2 Å². The van der Waals surface area contributed by atoms with Crippen molar-refractivity contribution in [2.24, 2.45) is 5.73 Å². The molecule has 0 aliphatic heterocycles. The number of rotatable bonds is 4. The molecular weight excluding hydrogens is 204 g/mol. The highest BCUT2D eigenvalue weighted by molar-refractivity contribution is 5.87. The lowest BCUT2D eigenvalue weighted by Crippen LogP contribution is -2.59. The topological polar surface area (TPSA) is 83.8 Å². The van der Waals surface area contributed by atoms with Crippen molar-refractivity contribution in [1.29, 1.82) is 0 Å². The van der Waals surface area contributed by atoms with Crippen LogP contribution in [0.4, 0.5) is 0 Å². The van der Waals surface area contributed by atoms with E-state index < -0.39 is 5.54 Å². The van der Waals surface area contributed by atoms with Crippen LogP contribution in [0.2, 0.25) is 0 Å². The summed E-state index contributed by atoms with van der Waals surface area (Å²) in [5.41, 5.74) is 5.32. The minimum Gasteiger partial charge on any atom is -0.347 e. The van der Waals surface area contributed by atoms with Crippen molar-refractivity contribution in [3.8, 4) is 0 Å². The van der Waals surface area contributed by atoms with Crippen LogP contribution in [-0.2, 0) is 4.79 Å². The summed E-state index contributed by atoms with van der Waals surface area (Å²) < 4.78 is 0. The van der Waals surface area contributed by atoms with Gasteiger partial charge < -0.3 is 16.0 Å². The van der Waals surface area contributed by atoms with Crippen LogP contribution in [0.3, 0.4) is 0 Å². The molecule has 1 unspecified atom stereocenters. The first-order valence-corrected chi connectivity index (χ1v) is 5.75. The summed E-state index contributed by atoms with van der Waals surface area (Å²) in [5, 5.41) is 2.95. The number of aromatic amines is 1. The van der Waals surface area contributed by atoms with Gasteiger partial charge in [0.25, 0.3) is 0 Å². The number of imidazole rings is 1. The zero-order valence-electron chi connectivity index (χ0n) is 9.49. The molecule has 1 saturated carbocycles. The van der Waals surface area contributed by atoms with Gasteiger partial charge in [-0.05, 0) is 25.7 Å². The molecule has 1 amide bonds. The lowest BCUT2D eigenvalue weighted by atomic mass is 9.77. The quantitative estimate of drug-likeness (QED) is 0.706. The Kier molecular flexibility index (Phi) is 2.96. The number of amides is 1. The van der Waals surface area contributed by atoms with Crippen LogP contribution in [0, 0.1) is 0 Å². The second kappa shape index (κ2) is 4.25. The Hall–Kier alpha value is -1.36. The maximum atomic E-state index is 11.9. The Morgan fingerprint density at radius 3 is 2.94 bits per heavy atom. The number of carbonyl (C=O) groups is 1. The van der Waals surface area contributed by atoms with E-state index in [4.69, 9.17) is 5.73 Å². The van der Waals surface area contributed by atoms with Gasteiger partial charge in [-0.1, -0.05) is 6.92 Å². The summed E-state index contributed by atoms with van der Waals surface area (Å²) in [4.78, 5) is 19.1. The van der Waals surface area contributed by atoms with Gasteiger partial charge in [-0.3, -0.25) is 4.79 Å². The second-order valence-electron chi connectivity index (χ2n) is 4.42. The number of nitrogens with zero attached hydrogens (tertiary/aromatic N) is 1. The van der Waals surface area contributed by atoms with Gasteiger partial charge in [-0.2, -0.15) is 0 Å². The van der Waals surface area contributed by atoms with Crippen molar-refractivity contribution in [3.63, 3.8) is 0 Å². The minimum absolute atomic E-state index is 0.0537. The Bertz CT molecular complexity index is 356. The molecule has 0 radical (unpaired) electrons. The van der Waals surface area contributed by atoms with Gasteiger partial charge >= 0.3 is 0 Å². The smallest absolute Gasteiger partial charge is 0.240 e. The van der Waals surface area contributed by atoms with E-state index in [1.807, 2.05) is 6.92 Å². The molecule has 88 valence electrons. The van der Waals surface area contributed by atoms with Crippen molar-refractivity contribution in [1.82, 2.24) is 15.3 Å². The SMILES string of the molecule is CCC(NC(=O)C1(N)CCC1)c1ncc[nH]1. The zero-order chi connectivity index (χ0) is 11.6. The van der Waals surface area contributed by atoms with E-state index in [-0.39, 0.29) is 11.9 Å². The van der Waals surface area contributed by atoms with E-state index >= 15 is 0 Å². The highest BCUT2D eigenvalue weighted by Crippen LogP contribution is 2.30. The summed E-state index contributed by atoms with van der Waals surface area (Å²) in [7, 11) is 0. The Morgan fingerprint density at radius 2 is 2.50 bits per heavy atom. The molecule has 4 N–H and O–H groups in total. The molecule has 1 heterocycles. The number of nitrogens with two attached hydrogens (primary N) is 1. The first-order chi connectivity index (χ1) is 7.65. The molecular formula is C11H18N4O. The molecule has 0 saturated heterocycles. The van der Waals surface area contributed by atoms with Gasteiger partial charge in [-0.25, -0.2) is 4.98 Å². The monoisotopic (exact) mass is 222 g/mol. The average molecular weight is 222 g/mol. The van der Waals surface area contributed by atoms with Gasteiger partial charge in [0.05, 0.1) is 11.6 Å². The third-order valence-corrected chi connectivity index (χ3v) is 3.26. The van der Waals surface area contributed by atoms with Crippen LogP contribution in [-0.4, -0.2) is 21.4 Å². The van der Waals surface area contributed by atoms with Crippen molar-refractivity contribution in [2.75, 3.05) is 0 Å². The molecule has 0 bridgehead atoms. The third-order valence-electron chi connectivity index (χ3n) is 3.26. The molecule has 2 rings (SSSR count). The fourth-order valence-corrected chi connectivity index (χ4v) is 1.92. The molecule has 1 aliphatic carbocycles. The number of aromatic nitrogens is 2.